The van der Waals surface area contributed by atoms with Crippen LogP contribution in [0.3, 0.4) is 0 Å². The first-order valence-corrected chi connectivity index (χ1v) is 10.1. The van der Waals surface area contributed by atoms with Gasteiger partial charge < -0.3 is 15.3 Å². The summed E-state index contributed by atoms with van der Waals surface area (Å²) in [7, 11) is 1.91. The summed E-state index contributed by atoms with van der Waals surface area (Å²) in [6.45, 7) is 1.65. The first-order valence-electron chi connectivity index (χ1n) is 10.1. The lowest BCUT2D eigenvalue weighted by Gasteiger charge is -2.16. The Morgan fingerprint density at radius 2 is 1.87 bits per heavy atom. The molecule has 4 rings (SSSR count). The van der Waals surface area contributed by atoms with E-state index in [4.69, 9.17) is 0 Å². The molecular weight excluding hydrogens is 378 g/mol. The quantitative estimate of drug-likeness (QED) is 0.422. The first kappa shape index (κ1) is 19.8. The Balaban J connectivity index is 1.24. The molecule has 0 aliphatic heterocycles. The highest BCUT2D eigenvalue weighted by Gasteiger charge is 2.09. The number of aromatic amines is 2. The van der Waals surface area contributed by atoms with Crippen LogP contribution in [0.4, 0.5) is 0 Å². The van der Waals surface area contributed by atoms with Crippen molar-refractivity contribution in [3.05, 3.63) is 76.5 Å². The predicted octanol–water partition coefficient (Wildman–Crippen LogP) is 2.59. The fourth-order valence-corrected chi connectivity index (χ4v) is 3.60. The zero-order valence-electron chi connectivity index (χ0n) is 16.9. The van der Waals surface area contributed by atoms with Gasteiger partial charge in [-0.3, -0.25) is 14.5 Å². The van der Waals surface area contributed by atoms with E-state index in [-0.39, 0.29) is 11.5 Å². The summed E-state index contributed by atoms with van der Waals surface area (Å²) in [5.41, 5.74) is 2.86. The molecule has 0 saturated heterocycles. The van der Waals surface area contributed by atoms with Crippen molar-refractivity contribution in [1.82, 2.24) is 25.2 Å². The van der Waals surface area contributed by atoms with Crippen molar-refractivity contribution in [3.63, 3.8) is 0 Å². The van der Waals surface area contributed by atoms with E-state index in [0.29, 0.717) is 42.8 Å². The van der Waals surface area contributed by atoms with Crippen LogP contribution in [0, 0.1) is 0 Å². The molecule has 0 radical (unpaired) electrons. The van der Waals surface area contributed by atoms with E-state index in [0.717, 1.165) is 11.9 Å². The van der Waals surface area contributed by atoms with E-state index < -0.39 is 0 Å². The number of rotatable bonds is 8. The molecule has 0 atom stereocenters. The van der Waals surface area contributed by atoms with Crippen LogP contribution in [-0.4, -0.2) is 45.9 Å². The summed E-state index contributed by atoms with van der Waals surface area (Å²) >= 11 is 0. The number of H-pyrrole nitrogens is 2. The minimum atomic E-state index is -0.140. The molecule has 2 heterocycles. The monoisotopic (exact) mass is 403 g/mol. The third kappa shape index (κ3) is 4.58. The van der Waals surface area contributed by atoms with Gasteiger partial charge in [0.15, 0.2) is 0 Å². The molecule has 0 fully saturated rings. The maximum Gasteiger partial charge on any atom is 0.258 e. The van der Waals surface area contributed by atoms with Gasteiger partial charge in [0.05, 0.1) is 17.4 Å². The number of nitrogens with one attached hydrogen (secondary N) is 3. The molecule has 30 heavy (non-hydrogen) atoms. The van der Waals surface area contributed by atoms with E-state index in [1.165, 1.54) is 10.9 Å². The minimum absolute atomic E-state index is 0.0154. The molecule has 0 aliphatic rings. The molecule has 1 amide bonds. The van der Waals surface area contributed by atoms with E-state index in [1.54, 1.807) is 6.07 Å². The van der Waals surface area contributed by atoms with Crippen LogP contribution in [-0.2, 0) is 17.8 Å². The van der Waals surface area contributed by atoms with Gasteiger partial charge >= 0.3 is 0 Å². The van der Waals surface area contributed by atoms with Gasteiger partial charge in [-0.15, -0.1) is 0 Å². The highest BCUT2D eigenvalue weighted by molar-refractivity contribution is 5.83. The smallest absolute Gasteiger partial charge is 0.258 e. The highest BCUT2D eigenvalue weighted by atomic mass is 16.1. The number of para-hydroxylation sites is 2. The molecule has 154 valence electrons. The topological polar surface area (TPSA) is 93.9 Å². The van der Waals surface area contributed by atoms with Gasteiger partial charge in [-0.25, -0.2) is 4.98 Å². The van der Waals surface area contributed by atoms with Gasteiger partial charge in [0.2, 0.25) is 5.91 Å². The van der Waals surface area contributed by atoms with Gasteiger partial charge in [0.1, 0.15) is 5.82 Å². The molecule has 2 aromatic heterocycles. The number of hydrogen-bond acceptors (Lipinski definition) is 4. The zero-order valence-corrected chi connectivity index (χ0v) is 16.9. The van der Waals surface area contributed by atoms with Crippen molar-refractivity contribution in [2.45, 2.75) is 19.4 Å². The second-order valence-electron chi connectivity index (χ2n) is 7.48. The first-order chi connectivity index (χ1) is 14.6. The number of aromatic nitrogens is 3. The summed E-state index contributed by atoms with van der Waals surface area (Å²) in [6, 6.07) is 15.4. The number of fused-ring (bicyclic) bond motifs is 2. The lowest BCUT2D eigenvalue weighted by atomic mass is 10.1. The summed E-state index contributed by atoms with van der Waals surface area (Å²) in [4.78, 5) is 36.9. The summed E-state index contributed by atoms with van der Waals surface area (Å²) < 4.78 is 0. The molecule has 7 nitrogen and oxygen atoms in total. The SMILES string of the molecule is CN(CCC(=O)NCCc1c[nH]c2ccccc12)Cc1nc2ccccc2c(=O)[nH]1. The predicted molar refractivity (Wildman–Crippen MR) is 118 cm³/mol. The Hall–Kier alpha value is -3.45. The maximum atomic E-state index is 12.2. The Morgan fingerprint density at radius 3 is 2.73 bits per heavy atom. The normalized spacial score (nSPS) is 11.4. The van der Waals surface area contributed by atoms with Gasteiger partial charge in [-0.05, 0) is 37.2 Å². The Kier molecular flexibility index (Phi) is 5.90. The van der Waals surface area contributed by atoms with E-state index >= 15 is 0 Å². The third-order valence-corrected chi connectivity index (χ3v) is 5.19. The van der Waals surface area contributed by atoms with Crippen LogP contribution in [0.5, 0.6) is 0 Å². The molecule has 0 unspecified atom stereocenters. The number of nitrogens with zero attached hydrogens (tertiary/aromatic N) is 2. The van der Waals surface area contributed by atoms with Gasteiger partial charge in [-0.2, -0.15) is 0 Å². The number of carbonyl (C=O) groups is 1. The van der Waals surface area contributed by atoms with Crippen molar-refractivity contribution >= 4 is 27.7 Å². The second-order valence-corrected chi connectivity index (χ2v) is 7.48. The fraction of sp³-hybridized carbons (Fsp3) is 0.261. The summed E-state index contributed by atoms with van der Waals surface area (Å²) in [5, 5.41) is 4.76. The van der Waals surface area contributed by atoms with E-state index in [9.17, 15) is 9.59 Å². The van der Waals surface area contributed by atoms with Crippen LogP contribution < -0.4 is 10.9 Å². The number of hydrogen-bond donors (Lipinski definition) is 3. The van der Waals surface area contributed by atoms with Crippen LogP contribution in [0.2, 0.25) is 0 Å². The van der Waals surface area contributed by atoms with Crippen LogP contribution in [0.15, 0.2) is 59.5 Å². The van der Waals surface area contributed by atoms with Crippen molar-refractivity contribution in [2.75, 3.05) is 20.1 Å². The molecule has 0 spiro atoms. The summed E-state index contributed by atoms with van der Waals surface area (Å²) in [5.74, 6) is 0.614. The van der Waals surface area contributed by atoms with E-state index in [1.807, 2.05) is 54.5 Å². The summed E-state index contributed by atoms with van der Waals surface area (Å²) in [6.07, 6.45) is 3.18. The number of benzene rings is 2. The third-order valence-electron chi connectivity index (χ3n) is 5.19. The molecular formula is C23H25N5O2. The van der Waals surface area contributed by atoms with Crippen molar-refractivity contribution in [2.24, 2.45) is 0 Å². The number of amides is 1. The van der Waals surface area contributed by atoms with Crippen molar-refractivity contribution in [1.29, 1.82) is 0 Å². The lowest BCUT2D eigenvalue weighted by molar-refractivity contribution is -0.121. The van der Waals surface area contributed by atoms with Gasteiger partial charge in [0, 0.05) is 36.6 Å². The fourth-order valence-electron chi connectivity index (χ4n) is 3.60. The largest absolute Gasteiger partial charge is 0.361 e. The maximum absolute atomic E-state index is 12.2. The molecule has 0 aliphatic carbocycles. The Labute approximate surface area is 174 Å². The van der Waals surface area contributed by atoms with Crippen molar-refractivity contribution < 1.29 is 4.79 Å². The second kappa shape index (κ2) is 8.92. The molecule has 2 aromatic carbocycles. The Morgan fingerprint density at radius 1 is 1.10 bits per heavy atom. The van der Waals surface area contributed by atoms with Gasteiger partial charge in [0.25, 0.3) is 5.56 Å². The highest BCUT2D eigenvalue weighted by Crippen LogP contribution is 2.17. The molecule has 4 aromatic rings. The van der Waals surface area contributed by atoms with Crippen molar-refractivity contribution in [3.8, 4) is 0 Å². The molecule has 7 heteroatoms. The molecule has 3 N–H and O–H groups in total. The molecule has 0 saturated carbocycles. The van der Waals surface area contributed by atoms with Gasteiger partial charge in [-0.1, -0.05) is 30.3 Å². The van der Waals surface area contributed by atoms with E-state index in [2.05, 4.69) is 26.3 Å². The number of carbonyl (C=O) groups excluding carboxylic acids is 1. The molecule has 0 bridgehead atoms. The average molecular weight is 403 g/mol. The van der Waals surface area contributed by atoms with Crippen LogP contribution in [0.1, 0.15) is 17.8 Å². The minimum Gasteiger partial charge on any atom is -0.361 e. The van der Waals surface area contributed by atoms with Crippen LogP contribution >= 0.6 is 0 Å². The zero-order chi connectivity index (χ0) is 20.9. The Bertz CT molecular complexity index is 1230. The average Bonchev–Trinajstić information content (AvgIpc) is 3.15. The lowest BCUT2D eigenvalue weighted by Crippen LogP contribution is -2.30. The van der Waals surface area contributed by atoms with Crippen LogP contribution in [0.25, 0.3) is 21.8 Å². The standard InChI is InChI=1S/C23H25N5O2/c1-28(15-21-26-20-9-5-3-7-18(20)23(30)27-21)13-11-22(29)24-12-10-16-14-25-19-8-4-2-6-17(16)19/h2-9,14,25H,10-13,15H2,1H3,(H,24,29)(H,26,27,30).